The molecule has 0 atom stereocenters. The first-order valence-electron chi connectivity index (χ1n) is 9.04. The summed E-state index contributed by atoms with van der Waals surface area (Å²) in [7, 11) is 0. The van der Waals surface area contributed by atoms with E-state index in [-0.39, 0.29) is 6.03 Å². The fraction of sp³-hybridized carbons (Fsp3) is 0.333. The molecule has 1 aromatic rings. The first-order chi connectivity index (χ1) is 13.1. The van der Waals surface area contributed by atoms with Crippen molar-refractivity contribution in [2.45, 2.75) is 27.2 Å². The van der Waals surface area contributed by atoms with Gasteiger partial charge in [-0.25, -0.2) is 9.69 Å². The third-order valence-electron chi connectivity index (χ3n) is 3.59. The number of rotatable bonds is 6. The van der Waals surface area contributed by atoms with E-state index in [1.54, 1.807) is 22.7 Å². The van der Waals surface area contributed by atoms with Crippen molar-refractivity contribution in [1.29, 1.82) is 0 Å². The molecule has 2 rings (SSSR count). The number of carbonyl (C=O) groups excluding carboxylic acids is 1. The molecule has 1 aliphatic rings. The van der Waals surface area contributed by atoms with Crippen molar-refractivity contribution in [2.24, 2.45) is 4.99 Å². The normalized spacial score (nSPS) is 14.0. The van der Waals surface area contributed by atoms with E-state index in [0.717, 1.165) is 30.0 Å². The maximum Gasteiger partial charge on any atom is 0.332 e. The van der Waals surface area contributed by atoms with Gasteiger partial charge < -0.3 is 10.1 Å². The minimum Gasteiger partial charge on any atom is -0.492 e. The number of anilines is 1. The standard InChI is InChI=1S/C21H27N3O2S/c1-5-10-17(15-16(3)4)24(21-22-13-9-14-27-21)20(25)23-18-11-7-8-12-19(18)26-6-2/h5,7-8,10-12,15H,1,6,9,13-14H2,2-4H3,(H,23,25). The fourth-order valence-corrected chi connectivity index (χ4v) is 3.48. The fourth-order valence-electron chi connectivity index (χ4n) is 2.52. The number of urea groups is 1. The molecule has 0 radical (unpaired) electrons. The Labute approximate surface area is 165 Å². The lowest BCUT2D eigenvalue weighted by molar-refractivity contribution is 0.241. The number of amides is 2. The highest BCUT2D eigenvalue weighted by molar-refractivity contribution is 8.13. The smallest absolute Gasteiger partial charge is 0.332 e. The van der Waals surface area contributed by atoms with Crippen molar-refractivity contribution in [3.05, 3.63) is 60.3 Å². The van der Waals surface area contributed by atoms with Crippen molar-refractivity contribution in [1.82, 2.24) is 4.90 Å². The number of amidine groups is 1. The molecule has 0 unspecified atom stereocenters. The van der Waals surface area contributed by atoms with Gasteiger partial charge in [0.05, 0.1) is 18.0 Å². The Morgan fingerprint density at radius 1 is 1.41 bits per heavy atom. The molecule has 2 amide bonds. The molecule has 144 valence electrons. The number of ether oxygens (including phenoxy) is 1. The number of aliphatic imine (C=N–C) groups is 1. The Morgan fingerprint density at radius 2 is 2.19 bits per heavy atom. The highest BCUT2D eigenvalue weighted by atomic mass is 32.2. The van der Waals surface area contributed by atoms with Crippen LogP contribution >= 0.6 is 11.8 Å². The second kappa shape index (κ2) is 10.6. The largest absolute Gasteiger partial charge is 0.492 e. The molecule has 1 aromatic carbocycles. The number of allylic oxidation sites excluding steroid dienone is 4. The number of hydrogen-bond acceptors (Lipinski definition) is 4. The zero-order chi connectivity index (χ0) is 19.6. The van der Waals surface area contributed by atoms with Gasteiger partial charge in [0.2, 0.25) is 0 Å². The van der Waals surface area contributed by atoms with Crippen molar-refractivity contribution in [2.75, 3.05) is 24.2 Å². The van der Waals surface area contributed by atoms with Crippen LogP contribution < -0.4 is 10.1 Å². The summed E-state index contributed by atoms with van der Waals surface area (Å²) >= 11 is 1.59. The van der Waals surface area contributed by atoms with Gasteiger partial charge in [-0.15, -0.1) is 0 Å². The van der Waals surface area contributed by atoms with Crippen LogP contribution in [0.1, 0.15) is 27.2 Å². The lowest BCUT2D eigenvalue weighted by Crippen LogP contribution is -2.38. The van der Waals surface area contributed by atoms with E-state index in [1.807, 2.05) is 57.2 Å². The molecule has 0 spiro atoms. The second-order valence-electron chi connectivity index (χ2n) is 6.11. The third-order valence-corrected chi connectivity index (χ3v) is 4.65. The summed E-state index contributed by atoms with van der Waals surface area (Å²) in [6.07, 6.45) is 6.46. The Balaban J connectivity index is 2.39. The van der Waals surface area contributed by atoms with Crippen molar-refractivity contribution in [3.63, 3.8) is 0 Å². The van der Waals surface area contributed by atoms with Crippen LogP contribution in [0.2, 0.25) is 0 Å². The van der Waals surface area contributed by atoms with E-state index in [4.69, 9.17) is 4.74 Å². The van der Waals surface area contributed by atoms with Crippen molar-refractivity contribution < 1.29 is 9.53 Å². The molecule has 0 aromatic heterocycles. The van der Waals surface area contributed by atoms with Crippen LogP contribution in [0.4, 0.5) is 10.5 Å². The van der Waals surface area contributed by atoms with E-state index in [2.05, 4.69) is 16.9 Å². The Bertz CT molecular complexity index is 764. The quantitative estimate of drug-likeness (QED) is 0.663. The van der Waals surface area contributed by atoms with Crippen LogP contribution in [-0.2, 0) is 0 Å². The SMILES string of the molecule is C=CC=C(C=C(C)C)N(C(=O)Nc1ccccc1OCC)C1=NCCCS1. The summed E-state index contributed by atoms with van der Waals surface area (Å²) < 4.78 is 5.62. The van der Waals surface area contributed by atoms with E-state index < -0.39 is 0 Å². The highest BCUT2D eigenvalue weighted by Gasteiger charge is 2.25. The minimum absolute atomic E-state index is 0.277. The highest BCUT2D eigenvalue weighted by Crippen LogP contribution is 2.27. The number of nitrogens with zero attached hydrogens (tertiary/aromatic N) is 2. The number of nitrogens with one attached hydrogen (secondary N) is 1. The maximum absolute atomic E-state index is 13.2. The lowest BCUT2D eigenvalue weighted by Gasteiger charge is -2.27. The summed E-state index contributed by atoms with van der Waals surface area (Å²) in [4.78, 5) is 19.4. The number of benzene rings is 1. The zero-order valence-corrected chi connectivity index (χ0v) is 17.0. The molecular weight excluding hydrogens is 358 g/mol. The Hall–Kier alpha value is -2.47. The summed E-state index contributed by atoms with van der Waals surface area (Å²) in [6.45, 7) is 10.9. The van der Waals surface area contributed by atoms with E-state index in [0.29, 0.717) is 23.2 Å². The summed E-state index contributed by atoms with van der Waals surface area (Å²) in [5.41, 5.74) is 2.44. The minimum atomic E-state index is -0.277. The van der Waals surface area contributed by atoms with Gasteiger partial charge in [0, 0.05) is 12.3 Å². The van der Waals surface area contributed by atoms with Crippen LogP contribution in [0.3, 0.4) is 0 Å². The molecular formula is C21H27N3O2S. The number of para-hydroxylation sites is 2. The van der Waals surface area contributed by atoms with Crippen molar-refractivity contribution >= 4 is 28.6 Å². The van der Waals surface area contributed by atoms with E-state index in [9.17, 15) is 4.79 Å². The second-order valence-corrected chi connectivity index (χ2v) is 7.17. The molecule has 5 nitrogen and oxygen atoms in total. The van der Waals surface area contributed by atoms with Gasteiger partial charge in [0.1, 0.15) is 5.75 Å². The van der Waals surface area contributed by atoms with Crippen molar-refractivity contribution in [3.8, 4) is 5.75 Å². The third kappa shape index (κ3) is 6.03. The molecule has 27 heavy (non-hydrogen) atoms. The van der Waals surface area contributed by atoms with Gasteiger partial charge >= 0.3 is 6.03 Å². The molecule has 0 fully saturated rings. The molecule has 1 N–H and O–H groups in total. The van der Waals surface area contributed by atoms with E-state index in [1.165, 1.54) is 0 Å². The summed E-state index contributed by atoms with van der Waals surface area (Å²) in [5.74, 6) is 1.58. The van der Waals surface area contributed by atoms with Crippen LogP contribution in [0.15, 0.2) is 65.3 Å². The predicted molar refractivity (Wildman–Crippen MR) is 116 cm³/mol. The average Bonchev–Trinajstić information content (AvgIpc) is 2.64. The van der Waals surface area contributed by atoms with Gasteiger partial charge in [-0.1, -0.05) is 42.1 Å². The molecule has 0 saturated carbocycles. The van der Waals surface area contributed by atoms with Gasteiger partial charge in [0.15, 0.2) is 5.17 Å². The van der Waals surface area contributed by atoms with Gasteiger partial charge in [-0.05, 0) is 51.5 Å². The average molecular weight is 386 g/mol. The maximum atomic E-state index is 13.2. The lowest BCUT2D eigenvalue weighted by atomic mass is 10.2. The number of thioether (sulfide) groups is 1. The molecule has 1 aliphatic heterocycles. The molecule has 6 heteroatoms. The first kappa shape index (κ1) is 20.8. The van der Waals surface area contributed by atoms with Crippen LogP contribution in [0.25, 0.3) is 0 Å². The molecule has 0 saturated heterocycles. The number of carbonyl (C=O) groups is 1. The van der Waals surface area contributed by atoms with Gasteiger partial charge in [-0.3, -0.25) is 4.99 Å². The molecule has 0 aliphatic carbocycles. The zero-order valence-electron chi connectivity index (χ0n) is 16.2. The topological polar surface area (TPSA) is 53.9 Å². The van der Waals surface area contributed by atoms with Gasteiger partial charge in [0.25, 0.3) is 0 Å². The van der Waals surface area contributed by atoms with Crippen LogP contribution in [0, 0.1) is 0 Å². The van der Waals surface area contributed by atoms with Crippen LogP contribution in [0.5, 0.6) is 5.75 Å². The molecule has 1 heterocycles. The van der Waals surface area contributed by atoms with E-state index >= 15 is 0 Å². The Morgan fingerprint density at radius 3 is 2.81 bits per heavy atom. The molecule has 0 bridgehead atoms. The Kier molecular flexibility index (Phi) is 8.20. The first-order valence-corrected chi connectivity index (χ1v) is 10.0. The van der Waals surface area contributed by atoms with Crippen LogP contribution in [-0.4, -0.2) is 35.0 Å². The monoisotopic (exact) mass is 385 g/mol. The summed E-state index contributed by atoms with van der Waals surface area (Å²) in [5, 5.41) is 3.66. The van der Waals surface area contributed by atoms with Gasteiger partial charge in [-0.2, -0.15) is 0 Å². The summed E-state index contributed by atoms with van der Waals surface area (Å²) in [6, 6.07) is 7.14. The predicted octanol–water partition coefficient (Wildman–Crippen LogP) is 5.45. The number of hydrogen-bond donors (Lipinski definition) is 1.